The van der Waals surface area contributed by atoms with E-state index in [0.717, 1.165) is 18.4 Å². The number of hydrogen-bond donors (Lipinski definition) is 2. The lowest BCUT2D eigenvalue weighted by Gasteiger charge is -2.17. The minimum Gasteiger partial charge on any atom is -0.349 e. The summed E-state index contributed by atoms with van der Waals surface area (Å²) in [6.45, 7) is 0.822. The second-order valence-electron chi connectivity index (χ2n) is 6.64. The number of carbonyl (C=O) groups is 2. The Kier molecular flexibility index (Phi) is 5.91. The Hall–Kier alpha value is -2.37. The molecule has 0 aliphatic heterocycles. The van der Waals surface area contributed by atoms with Crippen LogP contribution in [0.3, 0.4) is 0 Å². The summed E-state index contributed by atoms with van der Waals surface area (Å²) in [5, 5.41) is 6.47. The average molecular weight is 372 g/mol. The van der Waals surface area contributed by atoms with Gasteiger partial charge >= 0.3 is 0 Å². The second kappa shape index (κ2) is 8.34. The molecule has 0 radical (unpaired) electrons. The maximum atomic E-state index is 12.4. The Bertz CT molecular complexity index is 805. The maximum absolute atomic E-state index is 12.4. The van der Waals surface area contributed by atoms with Crippen molar-refractivity contribution < 1.29 is 9.59 Å². The van der Waals surface area contributed by atoms with E-state index in [1.807, 2.05) is 36.2 Å². The lowest BCUT2D eigenvalue weighted by Crippen LogP contribution is -2.31. The summed E-state index contributed by atoms with van der Waals surface area (Å²) in [5.41, 5.74) is 2.06. The monoisotopic (exact) mass is 371 g/mol. The molecule has 2 amide bonds. The highest BCUT2D eigenvalue weighted by atomic mass is 35.5. The Balaban J connectivity index is 1.58. The third-order valence-corrected chi connectivity index (χ3v) is 4.35. The van der Waals surface area contributed by atoms with Crippen molar-refractivity contribution in [3.8, 4) is 0 Å². The molecular formula is C20H22ClN3O2. The first-order valence-electron chi connectivity index (χ1n) is 8.64. The molecule has 3 rings (SSSR count). The molecule has 2 aromatic carbocycles. The molecule has 0 heterocycles. The van der Waals surface area contributed by atoms with Crippen LogP contribution in [0.4, 0.5) is 5.69 Å². The summed E-state index contributed by atoms with van der Waals surface area (Å²) in [5.74, 6) is -0.308. The van der Waals surface area contributed by atoms with E-state index in [1.165, 1.54) is 0 Å². The fourth-order valence-corrected chi connectivity index (χ4v) is 2.93. The number of benzene rings is 2. The molecule has 5 nitrogen and oxygen atoms in total. The van der Waals surface area contributed by atoms with Crippen LogP contribution in [0.1, 0.15) is 28.8 Å². The van der Waals surface area contributed by atoms with Gasteiger partial charge in [0.1, 0.15) is 0 Å². The molecule has 2 N–H and O–H groups in total. The summed E-state index contributed by atoms with van der Waals surface area (Å²) in [7, 11) is 1.87. The van der Waals surface area contributed by atoms with Crippen LogP contribution in [-0.2, 0) is 11.3 Å². The maximum Gasteiger partial charge on any atom is 0.253 e. The van der Waals surface area contributed by atoms with Gasteiger partial charge in [0.15, 0.2) is 0 Å². The summed E-state index contributed by atoms with van der Waals surface area (Å²) >= 11 is 5.99. The van der Waals surface area contributed by atoms with Crippen molar-refractivity contribution in [3.05, 3.63) is 64.7 Å². The first kappa shape index (κ1) is 18.4. The van der Waals surface area contributed by atoms with Gasteiger partial charge in [-0.1, -0.05) is 35.9 Å². The Morgan fingerprint density at radius 2 is 1.92 bits per heavy atom. The molecule has 136 valence electrons. The fourth-order valence-electron chi connectivity index (χ4n) is 2.72. The van der Waals surface area contributed by atoms with E-state index in [9.17, 15) is 9.59 Å². The number of para-hydroxylation sites is 1. The molecule has 1 aliphatic carbocycles. The number of amides is 2. The first-order valence-corrected chi connectivity index (χ1v) is 9.02. The Morgan fingerprint density at radius 3 is 2.65 bits per heavy atom. The Morgan fingerprint density at radius 1 is 1.15 bits per heavy atom. The minimum atomic E-state index is -0.166. The standard InChI is InChI=1S/C20H22ClN3O2/c1-24(12-14-5-4-6-15(21)11-14)13-19(25)23-18-8-3-2-7-17(18)20(26)22-16-9-10-16/h2-8,11,16H,9-10,12-13H2,1H3,(H,22,26)(H,23,25). The molecule has 0 atom stereocenters. The number of anilines is 1. The van der Waals surface area contributed by atoms with Gasteiger partial charge in [-0.05, 0) is 49.7 Å². The number of nitrogens with one attached hydrogen (secondary N) is 2. The van der Waals surface area contributed by atoms with Crippen LogP contribution in [0.2, 0.25) is 5.02 Å². The molecule has 26 heavy (non-hydrogen) atoms. The highest BCUT2D eigenvalue weighted by molar-refractivity contribution is 6.30. The topological polar surface area (TPSA) is 61.4 Å². The van der Waals surface area contributed by atoms with E-state index in [4.69, 9.17) is 11.6 Å². The first-order chi connectivity index (χ1) is 12.5. The van der Waals surface area contributed by atoms with E-state index in [0.29, 0.717) is 22.8 Å². The normalized spacial score (nSPS) is 13.5. The van der Waals surface area contributed by atoms with Crippen molar-refractivity contribution in [1.82, 2.24) is 10.2 Å². The van der Waals surface area contributed by atoms with Gasteiger partial charge in [0.2, 0.25) is 5.91 Å². The molecule has 1 fully saturated rings. The quantitative estimate of drug-likeness (QED) is 0.785. The molecule has 0 aromatic heterocycles. The predicted octanol–water partition coefficient (Wildman–Crippen LogP) is 3.30. The largest absolute Gasteiger partial charge is 0.349 e. The number of nitrogens with zero attached hydrogens (tertiary/aromatic N) is 1. The molecule has 1 aliphatic rings. The van der Waals surface area contributed by atoms with Gasteiger partial charge in [0.25, 0.3) is 5.91 Å². The highest BCUT2D eigenvalue weighted by Crippen LogP contribution is 2.21. The second-order valence-corrected chi connectivity index (χ2v) is 7.08. The van der Waals surface area contributed by atoms with Crippen molar-refractivity contribution in [3.63, 3.8) is 0 Å². The van der Waals surface area contributed by atoms with E-state index >= 15 is 0 Å². The van der Waals surface area contributed by atoms with Crippen LogP contribution < -0.4 is 10.6 Å². The van der Waals surface area contributed by atoms with Crippen LogP contribution in [0.15, 0.2) is 48.5 Å². The van der Waals surface area contributed by atoms with Crippen LogP contribution in [0, 0.1) is 0 Å². The number of likely N-dealkylation sites (N-methyl/N-ethyl adjacent to an activating group) is 1. The summed E-state index contributed by atoms with van der Waals surface area (Å²) in [6.07, 6.45) is 2.04. The average Bonchev–Trinajstić information content (AvgIpc) is 3.39. The fraction of sp³-hybridized carbons (Fsp3) is 0.300. The summed E-state index contributed by atoms with van der Waals surface area (Å²) in [6, 6.07) is 14.9. The van der Waals surface area contributed by atoms with Crippen LogP contribution >= 0.6 is 11.6 Å². The van der Waals surface area contributed by atoms with E-state index in [2.05, 4.69) is 10.6 Å². The van der Waals surface area contributed by atoms with Gasteiger partial charge in [-0.2, -0.15) is 0 Å². The summed E-state index contributed by atoms with van der Waals surface area (Å²) < 4.78 is 0. The zero-order chi connectivity index (χ0) is 18.5. The van der Waals surface area contributed by atoms with Gasteiger partial charge < -0.3 is 10.6 Å². The lowest BCUT2D eigenvalue weighted by atomic mass is 10.1. The molecule has 0 unspecified atom stereocenters. The molecular weight excluding hydrogens is 350 g/mol. The van der Waals surface area contributed by atoms with Gasteiger partial charge in [0, 0.05) is 17.6 Å². The molecule has 2 aromatic rings. The van der Waals surface area contributed by atoms with E-state index in [1.54, 1.807) is 24.3 Å². The number of hydrogen-bond acceptors (Lipinski definition) is 3. The van der Waals surface area contributed by atoms with Crippen molar-refractivity contribution in [1.29, 1.82) is 0 Å². The molecule has 0 spiro atoms. The third-order valence-electron chi connectivity index (χ3n) is 4.11. The zero-order valence-corrected chi connectivity index (χ0v) is 15.4. The Labute approximate surface area is 158 Å². The van der Waals surface area contributed by atoms with Gasteiger partial charge in [-0.15, -0.1) is 0 Å². The highest BCUT2D eigenvalue weighted by Gasteiger charge is 2.25. The lowest BCUT2D eigenvalue weighted by molar-refractivity contribution is -0.117. The van der Waals surface area contributed by atoms with E-state index in [-0.39, 0.29) is 24.4 Å². The van der Waals surface area contributed by atoms with Crippen LogP contribution in [0.25, 0.3) is 0 Å². The molecule has 6 heteroatoms. The van der Waals surface area contributed by atoms with Crippen molar-refractivity contribution in [2.24, 2.45) is 0 Å². The third kappa shape index (κ3) is 5.31. The SMILES string of the molecule is CN(CC(=O)Nc1ccccc1C(=O)NC1CC1)Cc1cccc(Cl)c1. The molecule has 0 bridgehead atoms. The zero-order valence-electron chi connectivity index (χ0n) is 14.7. The molecule has 1 saturated carbocycles. The number of rotatable bonds is 7. The number of halogens is 1. The minimum absolute atomic E-state index is 0.143. The van der Waals surface area contributed by atoms with Crippen LogP contribution in [-0.4, -0.2) is 36.3 Å². The van der Waals surface area contributed by atoms with Gasteiger partial charge in [-0.25, -0.2) is 0 Å². The van der Waals surface area contributed by atoms with Gasteiger partial charge in [-0.3, -0.25) is 14.5 Å². The van der Waals surface area contributed by atoms with Crippen molar-refractivity contribution in [2.75, 3.05) is 18.9 Å². The number of carbonyl (C=O) groups excluding carboxylic acids is 2. The van der Waals surface area contributed by atoms with Crippen molar-refractivity contribution in [2.45, 2.75) is 25.4 Å². The van der Waals surface area contributed by atoms with Crippen molar-refractivity contribution >= 4 is 29.1 Å². The predicted molar refractivity (Wildman–Crippen MR) is 103 cm³/mol. The summed E-state index contributed by atoms with van der Waals surface area (Å²) in [4.78, 5) is 26.6. The smallest absolute Gasteiger partial charge is 0.253 e. The van der Waals surface area contributed by atoms with Gasteiger partial charge in [0.05, 0.1) is 17.8 Å². The van der Waals surface area contributed by atoms with Crippen LogP contribution in [0.5, 0.6) is 0 Å². The molecule has 0 saturated heterocycles. The van der Waals surface area contributed by atoms with E-state index < -0.39 is 0 Å².